The van der Waals surface area contributed by atoms with Crippen molar-refractivity contribution in [2.45, 2.75) is 19.4 Å². The van der Waals surface area contributed by atoms with Crippen LogP contribution in [0.3, 0.4) is 0 Å². The number of para-hydroxylation sites is 1. The smallest absolute Gasteiger partial charge is 0.259 e. The third-order valence-electron chi connectivity index (χ3n) is 6.90. The molecule has 3 aromatic carbocycles. The van der Waals surface area contributed by atoms with Crippen LogP contribution in [0.5, 0.6) is 23.0 Å². The molecular formula is C27H21NO8. The Labute approximate surface area is 202 Å². The van der Waals surface area contributed by atoms with Crippen LogP contribution < -0.4 is 15.7 Å². The van der Waals surface area contributed by atoms with E-state index in [0.717, 1.165) is 0 Å². The first kappa shape index (κ1) is 22.0. The van der Waals surface area contributed by atoms with E-state index in [9.17, 15) is 24.9 Å². The summed E-state index contributed by atoms with van der Waals surface area (Å²) in [6.45, 7) is 1.74. The van der Waals surface area contributed by atoms with E-state index in [0.29, 0.717) is 22.2 Å². The molecule has 0 saturated heterocycles. The van der Waals surface area contributed by atoms with Crippen LogP contribution in [0.1, 0.15) is 22.9 Å². The van der Waals surface area contributed by atoms with Crippen molar-refractivity contribution in [3.63, 3.8) is 0 Å². The van der Waals surface area contributed by atoms with E-state index >= 15 is 0 Å². The minimum Gasteiger partial charge on any atom is -0.506 e. The van der Waals surface area contributed by atoms with Gasteiger partial charge < -0.3 is 34.2 Å². The number of hydrogen-bond donors (Lipinski definition) is 4. The Bertz CT molecular complexity index is 1880. The molecule has 2 aromatic heterocycles. The van der Waals surface area contributed by atoms with Gasteiger partial charge in [0.1, 0.15) is 16.9 Å². The molecule has 0 radical (unpaired) electrons. The van der Waals surface area contributed by atoms with Crippen LogP contribution in [0, 0.1) is 6.92 Å². The molecule has 0 aliphatic heterocycles. The number of benzene rings is 3. The summed E-state index contributed by atoms with van der Waals surface area (Å²) in [5.41, 5.74) is 0.803. The summed E-state index contributed by atoms with van der Waals surface area (Å²) >= 11 is 0. The minimum atomic E-state index is -0.579. The lowest BCUT2D eigenvalue weighted by atomic mass is 9.80. The number of ether oxygens (including phenoxy) is 2. The number of hydrogen-bond acceptors (Lipinski definition) is 8. The van der Waals surface area contributed by atoms with Crippen LogP contribution in [0.4, 0.5) is 0 Å². The Kier molecular flexibility index (Phi) is 4.58. The first-order valence-corrected chi connectivity index (χ1v) is 11.2. The van der Waals surface area contributed by atoms with Crippen molar-refractivity contribution >= 4 is 32.7 Å². The number of H-pyrrole nitrogens is 1. The quantitative estimate of drug-likeness (QED) is 0.272. The van der Waals surface area contributed by atoms with Gasteiger partial charge in [-0.3, -0.25) is 9.59 Å². The van der Waals surface area contributed by atoms with E-state index in [4.69, 9.17) is 13.9 Å². The van der Waals surface area contributed by atoms with Gasteiger partial charge in [0.25, 0.3) is 5.56 Å². The molecule has 1 aliphatic carbocycles. The highest BCUT2D eigenvalue weighted by molar-refractivity contribution is 6.07. The van der Waals surface area contributed by atoms with Crippen molar-refractivity contribution in [1.82, 2.24) is 4.98 Å². The molecule has 0 bridgehead atoms. The molecule has 182 valence electrons. The number of rotatable bonds is 2. The van der Waals surface area contributed by atoms with Crippen molar-refractivity contribution in [2.24, 2.45) is 0 Å². The Morgan fingerprint density at radius 3 is 2.47 bits per heavy atom. The molecule has 6 rings (SSSR count). The summed E-state index contributed by atoms with van der Waals surface area (Å²) < 4.78 is 17.3. The molecule has 0 amide bonds. The number of fused-ring (bicyclic) bond motifs is 6. The second-order valence-corrected chi connectivity index (χ2v) is 8.89. The molecule has 4 N–H and O–H groups in total. The summed E-state index contributed by atoms with van der Waals surface area (Å²) in [5.74, 6) is -0.838. The average Bonchev–Trinajstić information content (AvgIpc) is 2.84. The minimum absolute atomic E-state index is 0.0390. The number of aromatic hydroxyl groups is 3. The Morgan fingerprint density at radius 2 is 1.75 bits per heavy atom. The summed E-state index contributed by atoms with van der Waals surface area (Å²) in [6, 6.07) is 7.86. The van der Waals surface area contributed by atoms with Gasteiger partial charge in [-0.1, -0.05) is 6.07 Å². The zero-order chi connectivity index (χ0) is 25.5. The predicted octanol–water partition coefficient (Wildman–Crippen LogP) is 4.13. The molecule has 5 aromatic rings. The molecule has 0 fully saturated rings. The highest BCUT2D eigenvalue weighted by atomic mass is 16.5. The fraction of sp³-hybridized carbons (Fsp3) is 0.185. The van der Waals surface area contributed by atoms with Gasteiger partial charge in [0.05, 0.1) is 24.0 Å². The number of phenolic OH excluding ortho intramolecular Hbond substituents is 3. The highest BCUT2D eigenvalue weighted by Gasteiger charge is 2.36. The van der Waals surface area contributed by atoms with Gasteiger partial charge in [0.15, 0.2) is 22.7 Å². The molecule has 1 unspecified atom stereocenters. The lowest BCUT2D eigenvalue weighted by Crippen LogP contribution is -2.17. The maximum atomic E-state index is 13.5. The van der Waals surface area contributed by atoms with E-state index < -0.39 is 22.8 Å². The van der Waals surface area contributed by atoms with Crippen LogP contribution in [0.25, 0.3) is 43.8 Å². The van der Waals surface area contributed by atoms with Crippen molar-refractivity contribution in [2.75, 3.05) is 14.2 Å². The largest absolute Gasteiger partial charge is 0.506 e. The summed E-state index contributed by atoms with van der Waals surface area (Å²) in [5, 5.41) is 33.7. The van der Waals surface area contributed by atoms with Crippen molar-refractivity contribution in [3.05, 3.63) is 67.7 Å². The van der Waals surface area contributed by atoms with Gasteiger partial charge in [0, 0.05) is 35.9 Å². The monoisotopic (exact) mass is 487 g/mol. The van der Waals surface area contributed by atoms with Gasteiger partial charge in [0.2, 0.25) is 5.43 Å². The molecule has 0 saturated carbocycles. The maximum Gasteiger partial charge on any atom is 0.259 e. The van der Waals surface area contributed by atoms with Gasteiger partial charge >= 0.3 is 0 Å². The standard InChI is InChI=1S/C27H21NO8/c1-10-7-11-8-13-16(34-2)9-14-19(18(13)22(31)17(11)27(33)28-10)23(32)20-21(30)12-5-4-6-15(29)24(12)36-26(20)25(14)35-3/h4-8,16,29,31-32H,9H2,1-3H3,(H,28,33). The number of phenols is 3. The predicted molar refractivity (Wildman–Crippen MR) is 133 cm³/mol. The first-order valence-electron chi connectivity index (χ1n) is 11.2. The van der Waals surface area contributed by atoms with Crippen LogP contribution in [-0.4, -0.2) is 34.5 Å². The van der Waals surface area contributed by atoms with Crippen LogP contribution in [0.15, 0.2) is 44.3 Å². The number of pyridine rings is 1. The summed E-state index contributed by atoms with van der Waals surface area (Å²) in [7, 11) is 2.91. The second kappa shape index (κ2) is 7.50. The topological polar surface area (TPSA) is 142 Å². The lowest BCUT2D eigenvalue weighted by molar-refractivity contribution is 0.102. The van der Waals surface area contributed by atoms with Crippen molar-refractivity contribution in [3.8, 4) is 34.1 Å². The Balaban J connectivity index is 1.85. The van der Waals surface area contributed by atoms with Gasteiger partial charge in [-0.15, -0.1) is 0 Å². The highest BCUT2D eigenvalue weighted by Crippen LogP contribution is 2.55. The average molecular weight is 487 g/mol. The third kappa shape index (κ3) is 2.74. The van der Waals surface area contributed by atoms with Gasteiger partial charge in [-0.2, -0.15) is 0 Å². The fourth-order valence-corrected chi connectivity index (χ4v) is 5.37. The number of methoxy groups -OCH3 is 2. The zero-order valence-electron chi connectivity index (χ0n) is 19.6. The Hall–Kier alpha value is -4.50. The molecule has 36 heavy (non-hydrogen) atoms. The molecule has 1 aliphatic rings. The molecule has 9 heteroatoms. The molecular weight excluding hydrogens is 466 g/mol. The van der Waals surface area contributed by atoms with E-state index in [1.807, 2.05) is 0 Å². The third-order valence-corrected chi connectivity index (χ3v) is 6.90. The molecule has 0 spiro atoms. The van der Waals surface area contributed by atoms with Crippen LogP contribution >= 0.6 is 0 Å². The number of aromatic nitrogens is 1. The van der Waals surface area contributed by atoms with Crippen molar-refractivity contribution in [1.29, 1.82) is 0 Å². The number of nitrogens with one attached hydrogen (secondary N) is 1. The first-order chi connectivity index (χ1) is 17.3. The Morgan fingerprint density at radius 1 is 1.00 bits per heavy atom. The molecule has 1 atom stereocenters. The van der Waals surface area contributed by atoms with Gasteiger partial charge in [-0.05, 0) is 42.1 Å². The second-order valence-electron chi connectivity index (χ2n) is 8.89. The molecule has 9 nitrogen and oxygen atoms in total. The fourth-order valence-electron chi connectivity index (χ4n) is 5.37. The van der Waals surface area contributed by atoms with E-state index in [2.05, 4.69) is 4.98 Å². The van der Waals surface area contributed by atoms with Crippen molar-refractivity contribution < 1.29 is 29.2 Å². The number of aromatic amines is 1. The zero-order valence-corrected chi connectivity index (χ0v) is 19.6. The number of aryl methyl sites for hydroxylation is 1. The van der Waals surface area contributed by atoms with Gasteiger partial charge in [-0.25, -0.2) is 0 Å². The van der Waals surface area contributed by atoms with Crippen LogP contribution in [-0.2, 0) is 11.2 Å². The normalized spacial score (nSPS) is 14.8. The maximum absolute atomic E-state index is 13.5. The lowest BCUT2D eigenvalue weighted by Gasteiger charge is -2.30. The van der Waals surface area contributed by atoms with E-state index in [1.165, 1.54) is 32.4 Å². The summed E-state index contributed by atoms with van der Waals surface area (Å²) in [4.78, 5) is 29.0. The summed E-state index contributed by atoms with van der Waals surface area (Å²) in [6.07, 6.45) is -0.338. The van der Waals surface area contributed by atoms with E-state index in [1.54, 1.807) is 19.1 Å². The SMILES string of the molecule is COc1c2c(c(O)c3c(=O)c4cccc(O)c4oc13)-c1c(cc3cc(C)[nH]c(=O)c3c1O)C(OC)C2. The van der Waals surface area contributed by atoms with Crippen LogP contribution in [0.2, 0.25) is 0 Å². The van der Waals surface area contributed by atoms with E-state index in [-0.39, 0.29) is 62.1 Å². The molecule has 2 heterocycles.